The van der Waals surface area contributed by atoms with Crippen LogP contribution in [0.3, 0.4) is 0 Å². The molecule has 0 bridgehead atoms. The Kier molecular flexibility index (Phi) is 4.34. The number of hydrogen-bond acceptors (Lipinski definition) is 0. The van der Waals surface area contributed by atoms with Crippen LogP contribution < -0.4 is 0 Å². The third-order valence-electron chi connectivity index (χ3n) is 1.50. The van der Waals surface area contributed by atoms with Crippen LogP contribution in [0.1, 0.15) is 12.8 Å². The van der Waals surface area contributed by atoms with Gasteiger partial charge in [0.2, 0.25) is 0 Å². The van der Waals surface area contributed by atoms with Crippen molar-refractivity contribution in [1.29, 1.82) is 0 Å². The van der Waals surface area contributed by atoms with Gasteiger partial charge in [-0.3, -0.25) is 0 Å². The lowest BCUT2D eigenvalue weighted by atomic mass is 10.0. The van der Waals surface area contributed by atoms with Gasteiger partial charge in [-0.2, -0.15) is 43.9 Å². The molecular formula is C7H5F10. The van der Waals surface area contributed by atoms with E-state index < -0.39 is 43.5 Å². The first-order valence-electron chi connectivity index (χ1n) is 3.90. The zero-order valence-corrected chi connectivity index (χ0v) is 7.77. The Morgan fingerprint density at radius 3 is 1.35 bits per heavy atom. The van der Waals surface area contributed by atoms with Crippen LogP contribution in [0.15, 0.2) is 0 Å². The molecule has 0 aromatic rings. The Labute approximate surface area is 88.6 Å². The maximum absolute atomic E-state index is 12.5. The third-order valence-corrected chi connectivity index (χ3v) is 1.50. The number of hydrogen-bond donors (Lipinski definition) is 0. The van der Waals surface area contributed by atoms with Crippen molar-refractivity contribution in [3.05, 3.63) is 6.42 Å². The van der Waals surface area contributed by atoms with Crippen molar-refractivity contribution < 1.29 is 43.9 Å². The highest BCUT2D eigenvalue weighted by molar-refractivity contribution is 4.98. The smallest absolute Gasteiger partial charge is 0.200 e. The molecule has 0 aromatic carbocycles. The lowest BCUT2D eigenvalue weighted by molar-refractivity contribution is -0.255. The van der Waals surface area contributed by atoms with Gasteiger partial charge < -0.3 is 0 Å². The summed E-state index contributed by atoms with van der Waals surface area (Å²) in [4.78, 5) is 0. The molecule has 0 aliphatic carbocycles. The van der Waals surface area contributed by atoms with Crippen LogP contribution in [0.25, 0.3) is 0 Å². The first-order valence-corrected chi connectivity index (χ1v) is 3.90. The molecule has 0 aliphatic rings. The van der Waals surface area contributed by atoms with Gasteiger partial charge in [-0.25, -0.2) is 0 Å². The molecule has 1 radical (unpaired) electrons. The van der Waals surface area contributed by atoms with E-state index in [0.29, 0.717) is 0 Å². The predicted octanol–water partition coefficient (Wildman–Crippen LogP) is 4.37. The van der Waals surface area contributed by atoms with Gasteiger partial charge in [0.15, 0.2) is 0 Å². The van der Waals surface area contributed by atoms with Gasteiger partial charge in [-0.15, -0.1) is 0 Å². The van der Waals surface area contributed by atoms with E-state index >= 15 is 0 Å². The van der Waals surface area contributed by atoms with Crippen LogP contribution in [-0.2, 0) is 0 Å². The van der Waals surface area contributed by atoms with E-state index in [1.807, 2.05) is 0 Å². The fraction of sp³-hybridized carbons (Fsp3) is 0.857. The Hall–Kier alpha value is -0.700. The summed E-state index contributed by atoms with van der Waals surface area (Å²) in [5, 5.41) is 0. The fourth-order valence-electron chi connectivity index (χ4n) is 0.763. The molecule has 17 heavy (non-hydrogen) atoms. The molecule has 0 unspecified atom stereocenters. The second kappa shape index (κ2) is 4.52. The minimum absolute atomic E-state index is 1.17. The second-order valence-corrected chi connectivity index (χ2v) is 3.14. The predicted molar refractivity (Wildman–Crippen MR) is 35.5 cm³/mol. The Morgan fingerprint density at radius 1 is 0.647 bits per heavy atom. The van der Waals surface area contributed by atoms with E-state index in [-0.39, 0.29) is 0 Å². The molecule has 0 heterocycles. The number of rotatable bonds is 4. The van der Waals surface area contributed by atoms with Gasteiger partial charge in [0.05, 0.1) is 6.42 Å². The van der Waals surface area contributed by atoms with Crippen molar-refractivity contribution in [2.45, 2.75) is 37.0 Å². The summed E-state index contributed by atoms with van der Waals surface area (Å²) in [6.45, 7) is 0. The molecule has 0 fully saturated rings. The first-order chi connectivity index (χ1) is 7.16. The molecule has 0 amide bonds. The van der Waals surface area contributed by atoms with E-state index in [0.717, 1.165) is 0 Å². The van der Waals surface area contributed by atoms with Crippen LogP contribution in [0, 0.1) is 6.42 Å². The van der Waals surface area contributed by atoms with Gasteiger partial charge >= 0.3 is 24.2 Å². The first kappa shape index (κ1) is 16.3. The maximum Gasteiger partial charge on any atom is 0.395 e. The summed E-state index contributed by atoms with van der Waals surface area (Å²) >= 11 is 0. The molecule has 103 valence electrons. The molecular weight excluding hydrogens is 274 g/mol. The average molecular weight is 279 g/mol. The van der Waals surface area contributed by atoms with Crippen LogP contribution >= 0.6 is 0 Å². The molecule has 0 nitrogen and oxygen atoms in total. The van der Waals surface area contributed by atoms with Crippen LogP contribution in [0.4, 0.5) is 43.9 Å². The van der Waals surface area contributed by atoms with E-state index in [9.17, 15) is 43.9 Å². The monoisotopic (exact) mass is 279 g/mol. The van der Waals surface area contributed by atoms with Crippen LogP contribution in [-0.4, -0.2) is 24.2 Å². The quantitative estimate of drug-likeness (QED) is 0.670. The van der Waals surface area contributed by atoms with Crippen molar-refractivity contribution in [3.8, 4) is 0 Å². The molecule has 0 atom stereocenters. The van der Waals surface area contributed by atoms with E-state index in [1.165, 1.54) is 0 Å². The Balaban J connectivity index is 4.67. The third kappa shape index (κ3) is 5.97. The summed E-state index contributed by atoms with van der Waals surface area (Å²) < 4.78 is 119. The van der Waals surface area contributed by atoms with Crippen molar-refractivity contribution in [2.24, 2.45) is 0 Å². The summed E-state index contributed by atoms with van der Waals surface area (Å²) in [6, 6.07) is 0. The summed E-state index contributed by atoms with van der Waals surface area (Å²) in [5.41, 5.74) is 0. The normalized spacial score (nSPS) is 15.2. The highest BCUT2D eigenvalue weighted by Crippen LogP contribution is 2.45. The van der Waals surface area contributed by atoms with Crippen molar-refractivity contribution in [1.82, 2.24) is 0 Å². The van der Waals surface area contributed by atoms with Crippen molar-refractivity contribution in [2.75, 3.05) is 0 Å². The van der Waals surface area contributed by atoms with Gasteiger partial charge in [0, 0.05) is 6.42 Å². The molecule has 0 N–H and O–H groups in total. The molecule has 10 heteroatoms. The van der Waals surface area contributed by atoms with Gasteiger partial charge in [-0.05, 0) is 0 Å². The molecule has 0 saturated heterocycles. The molecule has 0 spiro atoms. The van der Waals surface area contributed by atoms with Crippen LogP contribution in [0.2, 0.25) is 0 Å². The number of alkyl halides is 10. The lowest BCUT2D eigenvalue weighted by Crippen LogP contribution is -2.44. The van der Waals surface area contributed by atoms with Gasteiger partial charge in [0.1, 0.15) is 6.42 Å². The fourth-order valence-corrected chi connectivity index (χ4v) is 0.763. The zero-order chi connectivity index (χ0) is 14.1. The lowest BCUT2D eigenvalue weighted by Gasteiger charge is -2.27. The van der Waals surface area contributed by atoms with Gasteiger partial charge in [0.25, 0.3) is 0 Å². The second-order valence-electron chi connectivity index (χ2n) is 3.14. The summed E-state index contributed by atoms with van der Waals surface area (Å²) in [6.07, 6.45) is -17.6. The molecule has 0 rings (SSSR count). The van der Waals surface area contributed by atoms with Gasteiger partial charge in [-0.1, -0.05) is 0 Å². The standard InChI is InChI=1S/C7H5F10/c8-4(9,1-2-6(12,13)14)5(10,11)3-7(15,16)17/h1H,2-3H2. The molecule has 0 aliphatic heterocycles. The van der Waals surface area contributed by atoms with Crippen molar-refractivity contribution in [3.63, 3.8) is 0 Å². The largest absolute Gasteiger partial charge is 0.395 e. The average Bonchev–Trinajstić information content (AvgIpc) is 1.94. The minimum atomic E-state index is -5.61. The number of halogens is 10. The highest BCUT2D eigenvalue weighted by Gasteiger charge is 2.61. The topological polar surface area (TPSA) is 0 Å². The highest BCUT2D eigenvalue weighted by atomic mass is 19.4. The van der Waals surface area contributed by atoms with Crippen LogP contribution in [0.5, 0.6) is 0 Å². The molecule has 0 saturated carbocycles. The zero-order valence-electron chi connectivity index (χ0n) is 7.77. The van der Waals surface area contributed by atoms with E-state index in [4.69, 9.17) is 0 Å². The van der Waals surface area contributed by atoms with E-state index in [1.54, 1.807) is 0 Å². The SMILES string of the molecule is FC(F)(F)C[CH]C(F)(F)C(F)(F)CC(F)(F)F. The molecule has 0 aromatic heterocycles. The van der Waals surface area contributed by atoms with Crippen molar-refractivity contribution >= 4 is 0 Å². The summed E-state index contributed by atoms with van der Waals surface area (Å²) in [7, 11) is 0. The minimum Gasteiger partial charge on any atom is -0.200 e. The Bertz CT molecular complexity index is 246. The Morgan fingerprint density at radius 2 is 1.06 bits per heavy atom. The summed E-state index contributed by atoms with van der Waals surface area (Å²) in [5.74, 6) is -11.1. The van der Waals surface area contributed by atoms with E-state index in [2.05, 4.69) is 0 Å². The maximum atomic E-state index is 12.5.